The number of amides is 1. The van der Waals surface area contributed by atoms with Crippen molar-refractivity contribution in [2.24, 2.45) is 5.92 Å². The van der Waals surface area contributed by atoms with Crippen molar-refractivity contribution < 1.29 is 9.53 Å². The van der Waals surface area contributed by atoms with Gasteiger partial charge in [-0.25, -0.2) is 0 Å². The molecule has 34 heavy (non-hydrogen) atoms. The largest absolute Gasteiger partial charge is 0.493 e. The fourth-order valence-electron chi connectivity index (χ4n) is 3.77. The van der Waals surface area contributed by atoms with Crippen LogP contribution < -0.4 is 15.4 Å². The Morgan fingerprint density at radius 3 is 2.74 bits per heavy atom. The summed E-state index contributed by atoms with van der Waals surface area (Å²) >= 11 is 6.23. The first kappa shape index (κ1) is 25.8. The van der Waals surface area contributed by atoms with Gasteiger partial charge < -0.3 is 15.4 Å². The molecule has 0 fully saturated rings. The van der Waals surface area contributed by atoms with Crippen LogP contribution in [-0.2, 0) is 19.5 Å². The summed E-state index contributed by atoms with van der Waals surface area (Å²) in [5, 5.41) is 11.5. The topological polar surface area (TPSA) is 68.2 Å². The third-order valence-electron chi connectivity index (χ3n) is 5.49. The Hall–Kier alpha value is -2.83. The number of nitrogens with one attached hydrogen (secondary N) is 2. The maximum absolute atomic E-state index is 12.8. The minimum atomic E-state index is -0.153. The number of aryl methyl sites for hydroxylation is 1. The molecule has 7 heteroatoms. The predicted molar refractivity (Wildman–Crippen MR) is 139 cm³/mol. The van der Waals surface area contributed by atoms with Crippen molar-refractivity contribution in [1.29, 1.82) is 0 Å². The molecule has 182 valence electrons. The summed E-state index contributed by atoms with van der Waals surface area (Å²) in [6.45, 7) is 13.1. The number of rotatable bonds is 7. The molecule has 2 aromatic carbocycles. The number of carbonyl (C=O) groups is 1. The lowest BCUT2D eigenvalue weighted by molar-refractivity contribution is 0.102. The van der Waals surface area contributed by atoms with E-state index >= 15 is 0 Å². The standard InChI is InChI=1S/C25H29ClN4O2.C2H6/c1-16(2)15-32-23-7-6-22(26)12-21(23)14-30-17(3)10-24(29-30)28-25(31)19-4-5-20-13-27-9-8-18(20)11-19;1-2/h4-7,10-12,16,27H,8-9,13-15H2,1-3H3,(H,28,29,31);1-2H3. The molecule has 0 spiro atoms. The molecular weight excluding hydrogens is 448 g/mol. The summed E-state index contributed by atoms with van der Waals surface area (Å²) in [5.41, 5.74) is 5.02. The molecular formula is C27H35ClN4O2. The molecule has 6 nitrogen and oxygen atoms in total. The molecule has 1 aliphatic rings. The van der Waals surface area contributed by atoms with E-state index in [4.69, 9.17) is 16.3 Å². The van der Waals surface area contributed by atoms with Gasteiger partial charge in [-0.3, -0.25) is 9.48 Å². The lowest BCUT2D eigenvalue weighted by Gasteiger charge is -2.17. The molecule has 1 aliphatic heterocycles. The zero-order valence-electron chi connectivity index (χ0n) is 20.7. The minimum Gasteiger partial charge on any atom is -0.493 e. The summed E-state index contributed by atoms with van der Waals surface area (Å²) in [6, 6.07) is 13.4. The maximum Gasteiger partial charge on any atom is 0.256 e. The summed E-state index contributed by atoms with van der Waals surface area (Å²) < 4.78 is 7.82. The number of halogens is 1. The highest BCUT2D eigenvalue weighted by Crippen LogP contribution is 2.25. The molecule has 0 saturated heterocycles. The van der Waals surface area contributed by atoms with E-state index in [1.165, 1.54) is 11.1 Å². The Morgan fingerprint density at radius 2 is 1.97 bits per heavy atom. The molecule has 0 atom stereocenters. The second kappa shape index (κ2) is 12.0. The van der Waals surface area contributed by atoms with Gasteiger partial charge in [0.25, 0.3) is 5.91 Å². The average molecular weight is 483 g/mol. The van der Waals surface area contributed by atoms with Gasteiger partial charge >= 0.3 is 0 Å². The van der Waals surface area contributed by atoms with E-state index in [0.29, 0.717) is 35.5 Å². The normalized spacial score (nSPS) is 12.6. The van der Waals surface area contributed by atoms with Crippen LogP contribution in [-0.4, -0.2) is 28.8 Å². The number of aromatic nitrogens is 2. The van der Waals surface area contributed by atoms with Crippen LogP contribution in [0.4, 0.5) is 5.82 Å². The molecule has 1 aromatic heterocycles. The van der Waals surface area contributed by atoms with Crippen LogP contribution in [0.3, 0.4) is 0 Å². The Morgan fingerprint density at radius 1 is 1.18 bits per heavy atom. The fraction of sp³-hybridized carbons (Fsp3) is 0.407. The zero-order chi connectivity index (χ0) is 24.7. The van der Waals surface area contributed by atoms with Crippen molar-refractivity contribution in [2.75, 3.05) is 18.5 Å². The van der Waals surface area contributed by atoms with Gasteiger partial charge in [0.15, 0.2) is 5.82 Å². The molecule has 2 N–H and O–H groups in total. The van der Waals surface area contributed by atoms with Gasteiger partial charge in [-0.1, -0.05) is 45.4 Å². The van der Waals surface area contributed by atoms with Gasteiger partial charge in [0.1, 0.15) is 5.75 Å². The molecule has 2 heterocycles. The summed E-state index contributed by atoms with van der Waals surface area (Å²) in [5.74, 6) is 1.59. The van der Waals surface area contributed by atoms with Gasteiger partial charge in [0.2, 0.25) is 0 Å². The number of fused-ring (bicyclic) bond motifs is 1. The first-order valence-electron chi connectivity index (χ1n) is 12.0. The first-order valence-corrected chi connectivity index (χ1v) is 12.4. The number of carbonyl (C=O) groups excluding carboxylic acids is 1. The van der Waals surface area contributed by atoms with E-state index in [1.54, 1.807) is 0 Å². The molecule has 3 aromatic rings. The number of hydrogen-bond donors (Lipinski definition) is 2. The number of benzene rings is 2. The van der Waals surface area contributed by atoms with Crippen LogP contribution in [0.1, 0.15) is 60.4 Å². The van der Waals surface area contributed by atoms with Gasteiger partial charge in [-0.15, -0.1) is 0 Å². The van der Waals surface area contributed by atoms with Gasteiger partial charge in [-0.2, -0.15) is 5.10 Å². The van der Waals surface area contributed by atoms with E-state index in [0.717, 1.165) is 36.5 Å². The first-order chi connectivity index (χ1) is 16.4. The summed E-state index contributed by atoms with van der Waals surface area (Å²) in [7, 11) is 0. The molecule has 4 rings (SSSR count). The molecule has 1 amide bonds. The number of hydrogen-bond acceptors (Lipinski definition) is 4. The van der Waals surface area contributed by atoms with Crippen LogP contribution in [0.15, 0.2) is 42.5 Å². The predicted octanol–water partition coefficient (Wildman–Crippen LogP) is 5.85. The third-order valence-corrected chi connectivity index (χ3v) is 5.73. The Balaban J connectivity index is 0.00000158. The third kappa shape index (κ3) is 6.61. The molecule has 0 saturated carbocycles. The van der Waals surface area contributed by atoms with Gasteiger partial charge in [0, 0.05) is 34.5 Å². The average Bonchev–Trinajstić information content (AvgIpc) is 3.17. The van der Waals surface area contributed by atoms with Crippen molar-refractivity contribution in [3.8, 4) is 5.75 Å². The van der Waals surface area contributed by atoms with Crippen LogP contribution in [0.2, 0.25) is 5.02 Å². The Labute approximate surface area is 207 Å². The van der Waals surface area contributed by atoms with Crippen molar-refractivity contribution in [3.05, 3.63) is 75.4 Å². The molecule has 0 radical (unpaired) electrons. The molecule has 0 aliphatic carbocycles. The maximum atomic E-state index is 12.8. The number of ether oxygens (including phenoxy) is 1. The van der Waals surface area contributed by atoms with Crippen molar-refractivity contribution >= 4 is 23.3 Å². The van der Waals surface area contributed by atoms with Crippen molar-refractivity contribution in [3.63, 3.8) is 0 Å². The van der Waals surface area contributed by atoms with Crippen LogP contribution in [0, 0.1) is 12.8 Å². The monoisotopic (exact) mass is 482 g/mol. The van der Waals surface area contributed by atoms with E-state index < -0.39 is 0 Å². The van der Waals surface area contributed by atoms with Gasteiger partial charge in [0.05, 0.1) is 13.2 Å². The second-order valence-corrected chi connectivity index (χ2v) is 9.09. The summed E-state index contributed by atoms with van der Waals surface area (Å²) in [4.78, 5) is 12.8. The van der Waals surface area contributed by atoms with E-state index in [2.05, 4.69) is 29.6 Å². The highest BCUT2D eigenvalue weighted by molar-refractivity contribution is 6.30. The SMILES string of the molecule is CC.Cc1cc(NC(=O)c2ccc3c(c2)CCNC3)nn1Cc1cc(Cl)ccc1OCC(C)C. The summed E-state index contributed by atoms with van der Waals surface area (Å²) in [6.07, 6.45) is 0.936. The van der Waals surface area contributed by atoms with Crippen LogP contribution >= 0.6 is 11.6 Å². The quantitative estimate of drug-likeness (QED) is 0.443. The smallest absolute Gasteiger partial charge is 0.256 e. The van der Waals surface area contributed by atoms with E-state index in [9.17, 15) is 4.79 Å². The molecule has 0 unspecified atom stereocenters. The lowest BCUT2D eigenvalue weighted by atomic mass is 9.98. The van der Waals surface area contributed by atoms with Crippen LogP contribution in [0.5, 0.6) is 5.75 Å². The number of nitrogens with zero attached hydrogens (tertiary/aromatic N) is 2. The number of anilines is 1. The minimum absolute atomic E-state index is 0.153. The highest BCUT2D eigenvalue weighted by atomic mass is 35.5. The Kier molecular flexibility index (Phi) is 9.13. The highest BCUT2D eigenvalue weighted by Gasteiger charge is 2.15. The van der Waals surface area contributed by atoms with Crippen molar-refractivity contribution in [1.82, 2.24) is 15.1 Å². The van der Waals surface area contributed by atoms with Crippen LogP contribution in [0.25, 0.3) is 0 Å². The fourth-order valence-corrected chi connectivity index (χ4v) is 3.96. The van der Waals surface area contributed by atoms with Crippen molar-refractivity contribution in [2.45, 2.75) is 54.1 Å². The Bertz CT molecular complexity index is 1120. The van der Waals surface area contributed by atoms with Gasteiger partial charge in [-0.05, 0) is 67.3 Å². The lowest BCUT2D eigenvalue weighted by Crippen LogP contribution is -2.24. The second-order valence-electron chi connectivity index (χ2n) is 8.65. The van der Waals surface area contributed by atoms with E-state index in [-0.39, 0.29) is 5.91 Å². The van der Waals surface area contributed by atoms with E-state index in [1.807, 2.05) is 67.9 Å². The molecule has 0 bridgehead atoms. The zero-order valence-corrected chi connectivity index (χ0v) is 21.5.